The zero-order valence-corrected chi connectivity index (χ0v) is 10.7. The summed E-state index contributed by atoms with van der Waals surface area (Å²) < 4.78 is 5.45. The molecule has 3 N–H and O–H groups in total. The van der Waals surface area contributed by atoms with Crippen molar-refractivity contribution in [3.8, 4) is 5.75 Å². The Morgan fingerprint density at radius 1 is 1.35 bits per heavy atom. The Hall–Kier alpha value is -1.71. The topological polar surface area (TPSA) is 72.5 Å². The summed E-state index contributed by atoms with van der Waals surface area (Å²) in [6, 6.07) is 3.65. The molecular weight excluding hydrogens is 218 g/mol. The zero-order valence-electron chi connectivity index (χ0n) is 10.7. The van der Waals surface area contributed by atoms with Crippen LogP contribution in [0.3, 0.4) is 0 Å². The highest BCUT2D eigenvalue weighted by molar-refractivity contribution is 5.72. The van der Waals surface area contributed by atoms with Crippen molar-refractivity contribution in [1.82, 2.24) is 0 Å². The summed E-state index contributed by atoms with van der Waals surface area (Å²) in [5.74, 6) is -0.148. The second-order valence-electron chi connectivity index (χ2n) is 4.50. The second kappa shape index (κ2) is 5.08. The first-order chi connectivity index (χ1) is 7.82. The van der Waals surface area contributed by atoms with Gasteiger partial charge >= 0.3 is 5.97 Å². The summed E-state index contributed by atoms with van der Waals surface area (Å²) in [6.07, 6.45) is -0.865. The molecule has 0 aliphatic heterocycles. The van der Waals surface area contributed by atoms with E-state index >= 15 is 0 Å². The standard InChI is InChI=1S/C13H19NO3/c1-7(2)10-6-11(14)8(3)5-12(10)17-9(4)13(15)16/h5-7,9H,14H2,1-4H3,(H,15,16). The first-order valence-electron chi connectivity index (χ1n) is 5.62. The Kier molecular flexibility index (Phi) is 3.99. The van der Waals surface area contributed by atoms with Gasteiger partial charge in [-0.15, -0.1) is 0 Å². The van der Waals surface area contributed by atoms with E-state index in [1.807, 2.05) is 26.8 Å². The van der Waals surface area contributed by atoms with Gasteiger partial charge < -0.3 is 15.6 Å². The lowest BCUT2D eigenvalue weighted by Crippen LogP contribution is -2.23. The van der Waals surface area contributed by atoms with Crippen LogP contribution in [0.4, 0.5) is 5.69 Å². The number of nitrogen functional groups attached to an aromatic ring is 1. The second-order valence-corrected chi connectivity index (χ2v) is 4.50. The van der Waals surface area contributed by atoms with E-state index < -0.39 is 12.1 Å². The molecule has 4 heteroatoms. The molecule has 1 aromatic rings. The third-order valence-corrected chi connectivity index (χ3v) is 2.67. The molecule has 1 atom stereocenters. The molecule has 0 amide bonds. The van der Waals surface area contributed by atoms with Crippen molar-refractivity contribution in [2.45, 2.75) is 39.7 Å². The van der Waals surface area contributed by atoms with Gasteiger partial charge in [-0.1, -0.05) is 13.8 Å². The number of ether oxygens (including phenoxy) is 1. The normalized spacial score (nSPS) is 12.5. The predicted molar refractivity (Wildman–Crippen MR) is 67.4 cm³/mol. The number of carboxylic acid groups (broad SMARTS) is 1. The Labute approximate surface area is 101 Å². The average molecular weight is 237 g/mol. The molecule has 4 nitrogen and oxygen atoms in total. The number of rotatable bonds is 4. The number of aliphatic carboxylic acids is 1. The summed E-state index contributed by atoms with van der Waals surface area (Å²) in [6.45, 7) is 7.42. The van der Waals surface area contributed by atoms with E-state index in [0.29, 0.717) is 11.4 Å². The van der Waals surface area contributed by atoms with Crippen molar-refractivity contribution < 1.29 is 14.6 Å². The minimum atomic E-state index is -0.978. The maximum atomic E-state index is 10.8. The van der Waals surface area contributed by atoms with Crippen molar-refractivity contribution in [2.24, 2.45) is 0 Å². The maximum absolute atomic E-state index is 10.8. The molecular formula is C13H19NO3. The first kappa shape index (κ1) is 13.4. The smallest absolute Gasteiger partial charge is 0.344 e. The molecule has 17 heavy (non-hydrogen) atoms. The van der Waals surface area contributed by atoms with Gasteiger partial charge in [0.1, 0.15) is 5.75 Å². The summed E-state index contributed by atoms with van der Waals surface area (Å²) in [5, 5.41) is 8.85. The fraction of sp³-hybridized carbons (Fsp3) is 0.462. The highest BCUT2D eigenvalue weighted by Crippen LogP contribution is 2.31. The van der Waals surface area contributed by atoms with Gasteiger partial charge in [-0.3, -0.25) is 0 Å². The van der Waals surface area contributed by atoms with Crippen molar-refractivity contribution >= 4 is 11.7 Å². The highest BCUT2D eigenvalue weighted by atomic mass is 16.5. The lowest BCUT2D eigenvalue weighted by molar-refractivity contribution is -0.144. The van der Waals surface area contributed by atoms with Gasteiger partial charge in [-0.25, -0.2) is 4.79 Å². The van der Waals surface area contributed by atoms with Crippen LogP contribution in [0.25, 0.3) is 0 Å². The summed E-state index contributed by atoms with van der Waals surface area (Å²) >= 11 is 0. The Morgan fingerprint density at radius 3 is 2.41 bits per heavy atom. The molecule has 1 aromatic carbocycles. The minimum absolute atomic E-state index is 0.230. The van der Waals surface area contributed by atoms with Crippen molar-refractivity contribution in [3.63, 3.8) is 0 Å². The van der Waals surface area contributed by atoms with Gasteiger partial charge in [-0.2, -0.15) is 0 Å². The lowest BCUT2D eigenvalue weighted by Gasteiger charge is -2.18. The molecule has 0 spiro atoms. The molecule has 0 aromatic heterocycles. The number of nitrogens with two attached hydrogens (primary N) is 1. The zero-order chi connectivity index (χ0) is 13.2. The van der Waals surface area contributed by atoms with Gasteiger partial charge in [0.15, 0.2) is 6.10 Å². The molecule has 0 heterocycles. The fourth-order valence-electron chi connectivity index (χ4n) is 1.51. The van der Waals surface area contributed by atoms with Crippen LogP contribution >= 0.6 is 0 Å². The number of hydrogen-bond donors (Lipinski definition) is 2. The molecule has 0 aliphatic rings. The fourth-order valence-corrected chi connectivity index (χ4v) is 1.51. The molecule has 0 aliphatic carbocycles. The SMILES string of the molecule is Cc1cc(OC(C)C(=O)O)c(C(C)C)cc1N. The van der Waals surface area contributed by atoms with Crippen LogP contribution in [0.15, 0.2) is 12.1 Å². The van der Waals surface area contributed by atoms with Gasteiger partial charge in [-0.05, 0) is 43.0 Å². The van der Waals surface area contributed by atoms with Gasteiger partial charge in [0.25, 0.3) is 0 Å². The molecule has 0 radical (unpaired) electrons. The van der Waals surface area contributed by atoms with E-state index in [4.69, 9.17) is 15.6 Å². The number of carbonyl (C=O) groups is 1. The molecule has 1 rings (SSSR count). The summed E-state index contributed by atoms with van der Waals surface area (Å²) in [7, 11) is 0. The van der Waals surface area contributed by atoms with Crippen LogP contribution in [-0.2, 0) is 4.79 Å². The third-order valence-electron chi connectivity index (χ3n) is 2.67. The van der Waals surface area contributed by atoms with Gasteiger partial charge in [0, 0.05) is 5.69 Å². The molecule has 1 unspecified atom stereocenters. The molecule has 94 valence electrons. The number of aryl methyl sites for hydroxylation is 1. The number of anilines is 1. The van der Waals surface area contributed by atoms with Crippen LogP contribution in [0, 0.1) is 6.92 Å². The quantitative estimate of drug-likeness (QED) is 0.789. The molecule has 0 bridgehead atoms. The van der Waals surface area contributed by atoms with E-state index in [-0.39, 0.29) is 5.92 Å². The summed E-state index contributed by atoms with van der Waals surface area (Å²) in [5.41, 5.74) is 8.37. The Balaban J connectivity index is 3.12. The monoisotopic (exact) mass is 237 g/mol. The van der Waals surface area contributed by atoms with Crippen molar-refractivity contribution in [1.29, 1.82) is 0 Å². The van der Waals surface area contributed by atoms with Crippen molar-refractivity contribution in [3.05, 3.63) is 23.3 Å². The Bertz CT molecular complexity index is 427. The maximum Gasteiger partial charge on any atom is 0.344 e. The average Bonchev–Trinajstić information content (AvgIpc) is 2.22. The number of benzene rings is 1. The molecule has 0 saturated heterocycles. The number of carboxylic acids is 1. The van der Waals surface area contributed by atoms with Gasteiger partial charge in [0.05, 0.1) is 0 Å². The van der Waals surface area contributed by atoms with Crippen LogP contribution in [0.1, 0.15) is 37.8 Å². The number of hydrogen-bond acceptors (Lipinski definition) is 3. The summed E-state index contributed by atoms with van der Waals surface area (Å²) in [4.78, 5) is 10.8. The van der Waals surface area contributed by atoms with Gasteiger partial charge in [0.2, 0.25) is 0 Å². The van der Waals surface area contributed by atoms with E-state index in [0.717, 1.165) is 11.1 Å². The van der Waals surface area contributed by atoms with E-state index in [1.54, 1.807) is 6.07 Å². The third kappa shape index (κ3) is 3.12. The first-order valence-corrected chi connectivity index (χ1v) is 5.62. The van der Waals surface area contributed by atoms with Crippen LogP contribution in [0.2, 0.25) is 0 Å². The van der Waals surface area contributed by atoms with Crippen LogP contribution in [0.5, 0.6) is 5.75 Å². The van der Waals surface area contributed by atoms with Crippen LogP contribution in [-0.4, -0.2) is 17.2 Å². The highest BCUT2D eigenvalue weighted by Gasteiger charge is 2.17. The predicted octanol–water partition coefficient (Wildman–Crippen LogP) is 2.55. The molecule has 0 fully saturated rings. The molecule has 0 saturated carbocycles. The van der Waals surface area contributed by atoms with E-state index in [1.165, 1.54) is 6.92 Å². The minimum Gasteiger partial charge on any atom is -0.479 e. The van der Waals surface area contributed by atoms with E-state index in [9.17, 15) is 4.79 Å². The van der Waals surface area contributed by atoms with Crippen LogP contribution < -0.4 is 10.5 Å². The van der Waals surface area contributed by atoms with Crippen molar-refractivity contribution in [2.75, 3.05) is 5.73 Å². The Morgan fingerprint density at radius 2 is 1.94 bits per heavy atom. The largest absolute Gasteiger partial charge is 0.479 e. The lowest BCUT2D eigenvalue weighted by atomic mass is 9.99. The van der Waals surface area contributed by atoms with E-state index in [2.05, 4.69) is 0 Å².